The second kappa shape index (κ2) is 5.40. The Labute approximate surface area is 113 Å². The molecule has 0 radical (unpaired) electrons. The summed E-state index contributed by atoms with van der Waals surface area (Å²) in [5, 5.41) is 9.70. The highest BCUT2D eigenvalue weighted by Crippen LogP contribution is 2.24. The fourth-order valence-corrected chi connectivity index (χ4v) is 1.59. The molecule has 0 spiro atoms. The van der Waals surface area contributed by atoms with Crippen molar-refractivity contribution in [2.75, 3.05) is 0 Å². The molecular formula is C10H7Cl3N2O2. The van der Waals surface area contributed by atoms with E-state index < -0.39 is 5.97 Å². The molecule has 0 aliphatic heterocycles. The Morgan fingerprint density at radius 2 is 2.00 bits per heavy atom. The minimum Gasteiger partial charge on any atom is -0.477 e. The molecule has 0 saturated carbocycles. The van der Waals surface area contributed by atoms with Gasteiger partial charge in [0.2, 0.25) is 0 Å². The normalized spacial score (nSPS) is 9.76. The number of hydrogen-bond acceptors (Lipinski definition) is 2. The van der Waals surface area contributed by atoms with E-state index in [-0.39, 0.29) is 18.1 Å². The number of benzene rings is 1. The van der Waals surface area contributed by atoms with E-state index >= 15 is 0 Å². The van der Waals surface area contributed by atoms with Crippen LogP contribution in [0.3, 0.4) is 0 Å². The number of aromatic nitrogens is 2. The Morgan fingerprint density at radius 3 is 2.59 bits per heavy atom. The fourth-order valence-electron chi connectivity index (χ4n) is 1.29. The molecule has 0 fully saturated rings. The molecule has 0 atom stereocenters. The van der Waals surface area contributed by atoms with E-state index in [4.69, 9.17) is 28.3 Å². The first kappa shape index (κ1) is 13.8. The van der Waals surface area contributed by atoms with E-state index in [1.165, 1.54) is 17.1 Å². The second-order valence-corrected chi connectivity index (χ2v) is 3.87. The second-order valence-electron chi connectivity index (χ2n) is 3.05. The lowest BCUT2D eigenvalue weighted by Gasteiger charge is -2.06. The Hall–Kier alpha value is -1.23. The quantitative estimate of drug-likeness (QED) is 0.924. The van der Waals surface area contributed by atoms with Crippen LogP contribution in [0.4, 0.5) is 0 Å². The molecule has 17 heavy (non-hydrogen) atoms. The average Bonchev–Trinajstić information content (AvgIpc) is 2.71. The molecule has 2 rings (SSSR count). The molecule has 90 valence electrons. The molecule has 0 aliphatic rings. The first-order chi connectivity index (χ1) is 7.59. The van der Waals surface area contributed by atoms with Gasteiger partial charge in [-0.2, -0.15) is 0 Å². The van der Waals surface area contributed by atoms with Crippen LogP contribution in [-0.4, -0.2) is 20.6 Å². The zero-order valence-corrected chi connectivity index (χ0v) is 10.6. The van der Waals surface area contributed by atoms with Crippen molar-refractivity contribution in [3.05, 3.63) is 46.5 Å². The van der Waals surface area contributed by atoms with Crippen molar-refractivity contribution in [3.8, 4) is 5.69 Å². The van der Waals surface area contributed by atoms with Gasteiger partial charge < -0.3 is 5.11 Å². The van der Waals surface area contributed by atoms with Crippen molar-refractivity contribution in [2.45, 2.75) is 0 Å². The van der Waals surface area contributed by atoms with Crippen molar-refractivity contribution in [3.63, 3.8) is 0 Å². The molecular weight excluding hydrogens is 286 g/mol. The minimum atomic E-state index is -1.05. The van der Waals surface area contributed by atoms with Crippen molar-refractivity contribution < 1.29 is 9.90 Å². The predicted octanol–water partition coefficient (Wildman–Crippen LogP) is 3.30. The first-order valence-electron chi connectivity index (χ1n) is 4.30. The zero-order chi connectivity index (χ0) is 11.7. The van der Waals surface area contributed by atoms with Crippen LogP contribution in [0.5, 0.6) is 0 Å². The Kier molecular flexibility index (Phi) is 4.40. The van der Waals surface area contributed by atoms with E-state index in [0.717, 1.165) is 0 Å². The third kappa shape index (κ3) is 2.72. The highest BCUT2D eigenvalue weighted by Gasteiger charge is 2.11. The largest absolute Gasteiger partial charge is 0.477 e. The topological polar surface area (TPSA) is 55.1 Å². The van der Waals surface area contributed by atoms with Gasteiger partial charge in [0, 0.05) is 5.69 Å². The van der Waals surface area contributed by atoms with Crippen molar-refractivity contribution in [1.29, 1.82) is 0 Å². The van der Waals surface area contributed by atoms with Gasteiger partial charge in [-0.3, -0.25) is 4.57 Å². The summed E-state index contributed by atoms with van der Waals surface area (Å²) in [5.74, 6) is -1.05. The summed E-state index contributed by atoms with van der Waals surface area (Å²) < 4.78 is 1.42. The summed E-state index contributed by atoms with van der Waals surface area (Å²) in [7, 11) is 0. The molecule has 0 aliphatic carbocycles. The van der Waals surface area contributed by atoms with Crippen molar-refractivity contribution in [2.24, 2.45) is 0 Å². The summed E-state index contributed by atoms with van der Waals surface area (Å²) in [6.45, 7) is 0. The molecule has 1 heterocycles. The van der Waals surface area contributed by atoms with E-state index in [2.05, 4.69) is 4.98 Å². The van der Waals surface area contributed by atoms with Gasteiger partial charge in [0.25, 0.3) is 0 Å². The molecule has 7 heteroatoms. The van der Waals surface area contributed by atoms with Crippen LogP contribution in [0.25, 0.3) is 5.69 Å². The number of halogens is 3. The van der Waals surface area contributed by atoms with Crippen molar-refractivity contribution >= 4 is 41.6 Å². The number of carbonyl (C=O) groups is 1. The molecule has 4 nitrogen and oxygen atoms in total. The predicted molar refractivity (Wildman–Crippen MR) is 67.8 cm³/mol. The third-order valence-electron chi connectivity index (χ3n) is 2.04. The van der Waals surface area contributed by atoms with Gasteiger partial charge in [-0.05, 0) is 18.2 Å². The lowest BCUT2D eigenvalue weighted by Crippen LogP contribution is -2.05. The van der Waals surface area contributed by atoms with Gasteiger partial charge in [-0.1, -0.05) is 23.2 Å². The van der Waals surface area contributed by atoms with Gasteiger partial charge in [0.1, 0.15) is 0 Å². The first-order valence-corrected chi connectivity index (χ1v) is 5.06. The van der Waals surface area contributed by atoms with E-state index in [1.54, 1.807) is 18.2 Å². The summed E-state index contributed by atoms with van der Waals surface area (Å²) in [6.07, 6.45) is 2.67. The Bertz CT molecular complexity index is 554. The van der Waals surface area contributed by atoms with E-state index in [0.29, 0.717) is 15.7 Å². The average molecular weight is 294 g/mol. The lowest BCUT2D eigenvalue weighted by atomic mass is 10.3. The minimum absolute atomic E-state index is 0. The van der Waals surface area contributed by atoms with Crippen LogP contribution >= 0.6 is 35.6 Å². The number of carboxylic acids is 1. The number of hydrogen-bond donors (Lipinski definition) is 1. The zero-order valence-electron chi connectivity index (χ0n) is 8.30. The van der Waals surface area contributed by atoms with Crippen LogP contribution in [0.15, 0.2) is 30.7 Å². The van der Waals surface area contributed by atoms with Crippen LogP contribution in [0, 0.1) is 0 Å². The van der Waals surface area contributed by atoms with Crippen LogP contribution < -0.4 is 0 Å². The number of rotatable bonds is 2. The number of carboxylic acid groups (broad SMARTS) is 1. The van der Waals surface area contributed by atoms with Crippen LogP contribution in [0.1, 0.15) is 10.5 Å². The lowest BCUT2D eigenvalue weighted by molar-refractivity contribution is 0.0688. The molecule has 1 aromatic heterocycles. The summed E-state index contributed by atoms with van der Waals surface area (Å²) in [5.41, 5.74) is 0.669. The number of aromatic carboxylic acids is 1. The highest BCUT2D eigenvalue weighted by atomic mass is 35.5. The third-order valence-corrected chi connectivity index (χ3v) is 2.78. The standard InChI is InChI=1S/C10H6Cl2N2O2.ClH/c11-7-2-1-6(3-8(7)12)14-5-13-4-9(14)10(15)16;/h1-5H,(H,15,16);1H. The molecule has 1 aromatic carbocycles. The maximum absolute atomic E-state index is 10.9. The molecule has 2 aromatic rings. The van der Waals surface area contributed by atoms with Gasteiger partial charge in [-0.15, -0.1) is 12.4 Å². The van der Waals surface area contributed by atoms with Gasteiger partial charge in [-0.25, -0.2) is 9.78 Å². The summed E-state index contributed by atoms with van der Waals surface area (Å²) >= 11 is 11.6. The maximum atomic E-state index is 10.9. The molecule has 0 bridgehead atoms. The van der Waals surface area contributed by atoms with E-state index in [9.17, 15) is 4.79 Å². The summed E-state index contributed by atoms with van der Waals surface area (Å²) in [6, 6.07) is 4.85. The van der Waals surface area contributed by atoms with Gasteiger partial charge >= 0.3 is 5.97 Å². The fraction of sp³-hybridized carbons (Fsp3) is 0. The SMILES string of the molecule is Cl.O=C(O)c1cncn1-c1ccc(Cl)c(Cl)c1. The number of imidazole rings is 1. The smallest absolute Gasteiger partial charge is 0.354 e. The van der Waals surface area contributed by atoms with Gasteiger partial charge in [0.05, 0.1) is 22.6 Å². The van der Waals surface area contributed by atoms with Crippen LogP contribution in [-0.2, 0) is 0 Å². The Balaban J connectivity index is 0.00000144. The monoisotopic (exact) mass is 292 g/mol. The molecule has 0 unspecified atom stereocenters. The maximum Gasteiger partial charge on any atom is 0.354 e. The van der Waals surface area contributed by atoms with Crippen molar-refractivity contribution in [1.82, 2.24) is 9.55 Å². The van der Waals surface area contributed by atoms with Gasteiger partial charge in [0.15, 0.2) is 5.69 Å². The summed E-state index contributed by atoms with van der Waals surface area (Å²) in [4.78, 5) is 14.7. The Morgan fingerprint density at radius 1 is 1.29 bits per heavy atom. The molecule has 0 saturated heterocycles. The highest BCUT2D eigenvalue weighted by molar-refractivity contribution is 6.42. The number of nitrogens with zero attached hydrogens (tertiary/aromatic N) is 2. The van der Waals surface area contributed by atoms with Crippen LogP contribution in [0.2, 0.25) is 10.0 Å². The molecule has 1 N–H and O–H groups in total. The molecule has 0 amide bonds. The van der Waals surface area contributed by atoms with E-state index in [1.807, 2.05) is 0 Å².